The van der Waals surface area contributed by atoms with Crippen LogP contribution in [0.1, 0.15) is 42.1 Å². The van der Waals surface area contributed by atoms with Crippen LogP contribution in [0.2, 0.25) is 0 Å². The number of aromatic nitrogens is 2. The van der Waals surface area contributed by atoms with E-state index in [4.69, 9.17) is 0 Å². The number of likely N-dealkylation sites (N-methyl/N-ethyl adjacent to an activating group) is 1. The van der Waals surface area contributed by atoms with E-state index >= 15 is 0 Å². The Morgan fingerprint density at radius 3 is 2.36 bits per heavy atom. The Morgan fingerprint density at radius 1 is 1.00 bits per heavy atom. The summed E-state index contributed by atoms with van der Waals surface area (Å²) >= 11 is 0. The van der Waals surface area contributed by atoms with Crippen molar-refractivity contribution < 1.29 is 15.3 Å². The fourth-order valence-corrected chi connectivity index (χ4v) is 5.62. The Hall–Kier alpha value is -3.09. The molecule has 1 saturated carbocycles. The number of aliphatic hydroxyl groups excluding tert-OH is 2. The fourth-order valence-electron chi connectivity index (χ4n) is 5.62. The van der Waals surface area contributed by atoms with E-state index in [0.29, 0.717) is 11.3 Å². The van der Waals surface area contributed by atoms with Crippen LogP contribution in [0.5, 0.6) is 5.88 Å². The van der Waals surface area contributed by atoms with Crippen molar-refractivity contribution in [3.63, 3.8) is 0 Å². The SMILES string of the molecule is Cc1cccc(-n2nc(C)c(C3C(O)C(C=C4N(C)c5ccccc5C4(C)C)C3O)c2O)c1. The van der Waals surface area contributed by atoms with Gasteiger partial charge in [-0.2, -0.15) is 5.10 Å². The molecule has 6 heteroatoms. The number of rotatable bonds is 3. The zero-order valence-corrected chi connectivity index (χ0v) is 19.7. The molecule has 5 rings (SSSR count). The third kappa shape index (κ3) is 3.12. The van der Waals surface area contributed by atoms with E-state index in [1.54, 1.807) is 6.92 Å². The van der Waals surface area contributed by atoms with Crippen molar-refractivity contribution in [2.24, 2.45) is 5.92 Å². The molecular weight excluding hydrogens is 414 g/mol. The highest BCUT2D eigenvalue weighted by molar-refractivity contribution is 5.70. The Balaban J connectivity index is 1.46. The molecule has 0 bridgehead atoms. The number of fused-ring (bicyclic) bond motifs is 1. The second-order valence-corrected chi connectivity index (χ2v) is 9.91. The van der Waals surface area contributed by atoms with E-state index in [-0.39, 0.29) is 11.3 Å². The molecule has 3 N–H and O–H groups in total. The molecule has 172 valence electrons. The predicted octanol–water partition coefficient (Wildman–Crippen LogP) is 3.94. The van der Waals surface area contributed by atoms with Gasteiger partial charge in [0.2, 0.25) is 5.88 Å². The van der Waals surface area contributed by atoms with Gasteiger partial charge in [-0.15, -0.1) is 0 Å². The molecule has 0 radical (unpaired) electrons. The smallest absolute Gasteiger partial charge is 0.218 e. The number of para-hydroxylation sites is 1. The number of allylic oxidation sites excluding steroid dienone is 1. The van der Waals surface area contributed by atoms with Crippen LogP contribution in [-0.4, -0.2) is 44.4 Å². The molecule has 1 aromatic heterocycles. The standard InChI is InChI=1S/C27H31N3O3/c1-15-9-8-10-17(13-15)30-26(33)22(16(2)28-30)23-24(31)18(25(23)32)14-21-27(3,4)19-11-6-7-12-20(19)29(21)5/h6-14,18,23-25,31-33H,1-5H3. The molecule has 0 saturated heterocycles. The van der Waals surface area contributed by atoms with Gasteiger partial charge in [-0.1, -0.05) is 50.3 Å². The Kier molecular flexibility index (Phi) is 4.92. The van der Waals surface area contributed by atoms with Crippen molar-refractivity contribution in [1.82, 2.24) is 9.78 Å². The van der Waals surface area contributed by atoms with Crippen LogP contribution in [0.15, 0.2) is 60.3 Å². The quantitative estimate of drug-likeness (QED) is 0.569. The lowest BCUT2D eigenvalue weighted by Gasteiger charge is -2.46. The van der Waals surface area contributed by atoms with Gasteiger partial charge in [0.1, 0.15) is 0 Å². The molecular formula is C27H31N3O3. The number of hydrogen-bond donors (Lipinski definition) is 3. The van der Waals surface area contributed by atoms with Crippen LogP contribution in [-0.2, 0) is 5.41 Å². The van der Waals surface area contributed by atoms with E-state index in [0.717, 1.165) is 22.6 Å². The minimum atomic E-state index is -0.819. The molecule has 3 aromatic rings. The van der Waals surface area contributed by atoms with Crippen molar-refractivity contribution in [1.29, 1.82) is 0 Å². The van der Waals surface area contributed by atoms with Crippen LogP contribution in [0.3, 0.4) is 0 Å². The Bertz CT molecular complexity index is 1250. The van der Waals surface area contributed by atoms with E-state index in [1.165, 1.54) is 10.2 Å². The first-order valence-electron chi connectivity index (χ1n) is 11.4. The van der Waals surface area contributed by atoms with E-state index in [2.05, 4.69) is 36.0 Å². The molecule has 1 aliphatic carbocycles. The van der Waals surface area contributed by atoms with E-state index in [9.17, 15) is 15.3 Å². The maximum absolute atomic E-state index is 11.1. The van der Waals surface area contributed by atoms with Gasteiger partial charge in [0.15, 0.2) is 0 Å². The highest BCUT2D eigenvalue weighted by Crippen LogP contribution is 2.51. The first-order valence-corrected chi connectivity index (χ1v) is 11.4. The second kappa shape index (κ2) is 7.47. The first kappa shape index (κ1) is 21.7. The highest BCUT2D eigenvalue weighted by atomic mass is 16.3. The lowest BCUT2D eigenvalue weighted by atomic mass is 9.64. The maximum Gasteiger partial charge on any atom is 0.218 e. The van der Waals surface area contributed by atoms with Gasteiger partial charge in [-0.05, 0) is 43.2 Å². The minimum Gasteiger partial charge on any atom is -0.493 e. The summed E-state index contributed by atoms with van der Waals surface area (Å²) in [6.45, 7) is 8.11. The van der Waals surface area contributed by atoms with Crippen molar-refractivity contribution in [2.45, 2.75) is 51.2 Å². The van der Waals surface area contributed by atoms with Crippen molar-refractivity contribution >= 4 is 5.69 Å². The van der Waals surface area contributed by atoms with Crippen LogP contribution in [0.25, 0.3) is 5.69 Å². The summed E-state index contributed by atoms with van der Waals surface area (Å²) in [5.74, 6) is -1.05. The monoisotopic (exact) mass is 445 g/mol. The van der Waals surface area contributed by atoms with Gasteiger partial charge in [-0.25, -0.2) is 4.68 Å². The molecule has 1 fully saturated rings. The van der Waals surface area contributed by atoms with Gasteiger partial charge >= 0.3 is 0 Å². The first-order chi connectivity index (χ1) is 15.6. The third-order valence-electron chi connectivity index (χ3n) is 7.48. The van der Waals surface area contributed by atoms with Crippen LogP contribution in [0.4, 0.5) is 5.69 Å². The van der Waals surface area contributed by atoms with Gasteiger partial charge in [-0.3, -0.25) is 0 Å². The van der Waals surface area contributed by atoms with Crippen molar-refractivity contribution in [3.05, 3.63) is 82.7 Å². The highest BCUT2D eigenvalue weighted by Gasteiger charge is 2.52. The summed E-state index contributed by atoms with van der Waals surface area (Å²) in [4.78, 5) is 2.14. The topological polar surface area (TPSA) is 81.8 Å². The van der Waals surface area contributed by atoms with Crippen molar-refractivity contribution in [2.75, 3.05) is 11.9 Å². The fraction of sp³-hybridized carbons (Fsp3) is 0.370. The number of aromatic hydroxyl groups is 1. The molecule has 6 nitrogen and oxygen atoms in total. The molecule has 0 spiro atoms. The molecule has 2 aromatic carbocycles. The summed E-state index contributed by atoms with van der Waals surface area (Å²) in [6.07, 6.45) is 0.365. The van der Waals surface area contributed by atoms with Crippen molar-refractivity contribution in [3.8, 4) is 11.6 Å². The largest absolute Gasteiger partial charge is 0.493 e. The zero-order valence-electron chi connectivity index (χ0n) is 19.7. The number of aliphatic hydroxyl groups is 2. The molecule has 2 atom stereocenters. The summed E-state index contributed by atoms with van der Waals surface area (Å²) in [7, 11) is 2.02. The molecule has 33 heavy (non-hydrogen) atoms. The minimum absolute atomic E-state index is 0.0296. The molecule has 2 heterocycles. The average molecular weight is 446 g/mol. The molecule has 0 amide bonds. The van der Waals surface area contributed by atoms with Crippen LogP contribution < -0.4 is 4.90 Å². The molecule has 1 aliphatic heterocycles. The average Bonchev–Trinajstić information content (AvgIpc) is 3.17. The Morgan fingerprint density at radius 2 is 1.70 bits per heavy atom. The maximum atomic E-state index is 11.1. The zero-order chi connectivity index (χ0) is 23.7. The van der Waals surface area contributed by atoms with E-state index in [1.807, 2.05) is 56.4 Å². The Labute approximate surface area is 194 Å². The van der Waals surface area contributed by atoms with Crippen LogP contribution in [0, 0.1) is 19.8 Å². The number of hydrogen-bond acceptors (Lipinski definition) is 5. The second-order valence-electron chi connectivity index (χ2n) is 9.91. The van der Waals surface area contributed by atoms with Gasteiger partial charge in [0.25, 0.3) is 0 Å². The number of anilines is 1. The van der Waals surface area contributed by atoms with Crippen LogP contribution >= 0.6 is 0 Å². The summed E-state index contributed by atoms with van der Waals surface area (Å²) in [5, 5.41) is 37.8. The number of nitrogens with zero attached hydrogens (tertiary/aromatic N) is 3. The van der Waals surface area contributed by atoms with Gasteiger partial charge in [0.05, 0.1) is 23.6 Å². The number of aryl methyl sites for hydroxylation is 2. The van der Waals surface area contributed by atoms with Gasteiger partial charge in [0, 0.05) is 41.2 Å². The summed E-state index contributed by atoms with van der Waals surface area (Å²) in [6, 6.07) is 16.0. The third-order valence-corrected chi connectivity index (χ3v) is 7.48. The molecule has 2 aliphatic rings. The predicted molar refractivity (Wildman–Crippen MR) is 129 cm³/mol. The van der Waals surface area contributed by atoms with E-state index < -0.39 is 24.0 Å². The molecule has 2 unspecified atom stereocenters. The lowest BCUT2D eigenvalue weighted by Crippen LogP contribution is -2.53. The summed E-state index contributed by atoms with van der Waals surface area (Å²) in [5.41, 5.74) is 6.11. The van der Waals surface area contributed by atoms with Gasteiger partial charge < -0.3 is 20.2 Å². The lowest BCUT2D eigenvalue weighted by molar-refractivity contribution is -0.0955. The normalized spacial score (nSPS) is 27.0. The summed E-state index contributed by atoms with van der Waals surface area (Å²) < 4.78 is 1.48. The number of benzene rings is 2.